The van der Waals surface area contributed by atoms with E-state index in [1.165, 1.54) is 20.8 Å². The summed E-state index contributed by atoms with van der Waals surface area (Å²) in [7, 11) is 0. The molecule has 0 unspecified atom stereocenters. The molecule has 1 rings (SSSR count). The van der Waals surface area contributed by atoms with Crippen molar-refractivity contribution in [1.29, 1.82) is 0 Å². The average molecular weight is 1530 g/mol. The summed E-state index contributed by atoms with van der Waals surface area (Å²) >= 11 is 0. The smallest absolute Gasteiger partial charge is 0.326 e. The minimum absolute atomic E-state index is 0.00714. The zero-order valence-corrected chi connectivity index (χ0v) is 63.9. The number of carbonyl (C=O) groups excluding carboxylic acids is 13. The molecule has 38 heteroatoms. The van der Waals surface area contributed by atoms with Crippen LogP contribution in [0.15, 0.2) is 35.3 Å². The molecule has 0 aromatic heterocycles. The molecule has 13 amide bonds. The number of guanidine groups is 1. The van der Waals surface area contributed by atoms with Crippen molar-refractivity contribution in [3.63, 3.8) is 0 Å². The molecule has 38 nitrogen and oxygen atoms in total. The zero-order chi connectivity index (χ0) is 82.4. The highest BCUT2D eigenvalue weighted by Crippen LogP contribution is 2.16. The number of nitrogens with one attached hydrogen (secondary N) is 12. The highest BCUT2D eigenvalue weighted by atomic mass is 16.4. The first kappa shape index (κ1) is 96.4. The summed E-state index contributed by atoms with van der Waals surface area (Å²) in [4.78, 5) is 209. The number of aliphatic hydroxyl groups is 3. The fraction of sp³-hybridized carbons (Fsp3) is 0.686. The Morgan fingerprint density at radius 1 is 0.398 bits per heavy atom. The van der Waals surface area contributed by atoms with Gasteiger partial charge in [-0.05, 0) is 120 Å². The summed E-state index contributed by atoms with van der Waals surface area (Å²) in [5.41, 5.74) is 28.8. The van der Waals surface area contributed by atoms with E-state index in [1.54, 1.807) is 85.7 Å². The summed E-state index contributed by atoms with van der Waals surface area (Å²) in [5.74, 6) is -18.0. The largest absolute Gasteiger partial charge is 0.481 e. The number of carboxylic acids is 2. The molecule has 0 heterocycles. The van der Waals surface area contributed by atoms with E-state index in [9.17, 15) is 97.5 Å². The van der Waals surface area contributed by atoms with Gasteiger partial charge in [0.05, 0.1) is 24.9 Å². The van der Waals surface area contributed by atoms with Crippen LogP contribution in [0, 0.1) is 29.6 Å². The molecule has 0 spiro atoms. The Balaban J connectivity index is 3.80. The number of nitrogens with zero attached hydrogens (tertiary/aromatic N) is 1. The Kier molecular flexibility index (Phi) is 44.0. The van der Waals surface area contributed by atoms with Gasteiger partial charge in [-0.25, -0.2) is 4.79 Å². The fourth-order valence-corrected chi connectivity index (χ4v) is 10.8. The van der Waals surface area contributed by atoms with E-state index in [1.807, 2.05) is 0 Å². The molecule has 0 aliphatic rings. The molecular weight excluding hydrogens is 1410 g/mol. The Bertz CT molecular complexity index is 3170. The van der Waals surface area contributed by atoms with Crippen molar-refractivity contribution in [2.45, 2.75) is 257 Å². The van der Waals surface area contributed by atoms with Crippen LogP contribution in [0.4, 0.5) is 0 Å². The second kappa shape index (κ2) is 49.3. The number of nitrogens with two attached hydrogens (primary N) is 5. The molecule has 1 aromatic carbocycles. The third-order valence-electron chi connectivity index (χ3n) is 16.9. The molecule has 0 radical (unpaired) electrons. The maximum Gasteiger partial charge on any atom is 0.326 e. The normalized spacial score (nSPS) is 15.5. The first-order valence-electron chi connectivity index (χ1n) is 36.3. The number of benzene rings is 1. The van der Waals surface area contributed by atoms with Crippen LogP contribution >= 0.6 is 0 Å². The molecule has 610 valence electrons. The van der Waals surface area contributed by atoms with Crippen molar-refractivity contribution in [3.8, 4) is 0 Å². The molecule has 27 N–H and O–H groups in total. The zero-order valence-electron chi connectivity index (χ0n) is 63.9. The monoisotopic (exact) mass is 1530 g/mol. The van der Waals surface area contributed by atoms with Gasteiger partial charge in [0.25, 0.3) is 0 Å². The summed E-state index contributed by atoms with van der Waals surface area (Å²) in [6.07, 6.45) is -5.35. The number of carbonyl (C=O) groups is 15. The number of aliphatic imine (C=N–C) groups is 1. The van der Waals surface area contributed by atoms with E-state index in [-0.39, 0.29) is 94.1 Å². The van der Waals surface area contributed by atoms with Gasteiger partial charge in [-0.15, -0.1) is 0 Å². The number of hydrogen-bond donors (Lipinski definition) is 22. The molecule has 0 aliphatic carbocycles. The van der Waals surface area contributed by atoms with E-state index < -0.39 is 218 Å². The maximum atomic E-state index is 14.9. The Morgan fingerprint density at radius 3 is 1.15 bits per heavy atom. The number of carboxylic acid groups (broad SMARTS) is 2. The average Bonchev–Trinajstić information content (AvgIpc) is 0.853. The van der Waals surface area contributed by atoms with Gasteiger partial charge in [0.1, 0.15) is 72.5 Å². The first-order chi connectivity index (χ1) is 50.4. The van der Waals surface area contributed by atoms with Crippen LogP contribution in [0.2, 0.25) is 0 Å². The van der Waals surface area contributed by atoms with E-state index in [0.717, 1.165) is 6.92 Å². The lowest BCUT2D eigenvalue weighted by Crippen LogP contribution is -2.63. The Hall–Kier alpha value is -9.66. The maximum absolute atomic E-state index is 14.9. The second-order valence-electron chi connectivity index (χ2n) is 28.8. The molecule has 0 aliphatic heterocycles. The fourth-order valence-electron chi connectivity index (χ4n) is 10.8. The van der Waals surface area contributed by atoms with Crippen LogP contribution in [0.1, 0.15) is 166 Å². The van der Waals surface area contributed by atoms with Gasteiger partial charge in [-0.3, -0.25) is 72.1 Å². The van der Waals surface area contributed by atoms with Crippen molar-refractivity contribution in [2.24, 2.45) is 63.3 Å². The van der Waals surface area contributed by atoms with Gasteiger partial charge in [0, 0.05) is 25.8 Å². The molecule has 15 atom stereocenters. The summed E-state index contributed by atoms with van der Waals surface area (Å²) < 4.78 is 0. The third kappa shape index (κ3) is 36.8. The first-order valence-corrected chi connectivity index (χ1v) is 36.3. The number of rotatable bonds is 52. The molecule has 0 saturated carbocycles. The Labute approximate surface area is 629 Å². The van der Waals surface area contributed by atoms with E-state index in [4.69, 9.17) is 28.7 Å². The highest BCUT2D eigenvalue weighted by molar-refractivity contribution is 6.00. The molecule has 0 bridgehead atoms. The number of aliphatic carboxylic acids is 2. The van der Waals surface area contributed by atoms with Gasteiger partial charge in [-0.1, -0.05) is 99.6 Å². The topological polar surface area (TPSA) is 644 Å². The van der Waals surface area contributed by atoms with E-state index >= 15 is 0 Å². The standard InChI is InChI=1S/C70H120N18O20/c1-34(2)29-46(60(98)79-44(24-26-52(93)94)59(97)86-54(38(9)10)66(104)88-56(40(12)91)68(106)85-50(33-89)64(102)80-45(69(107)108)23-25-51(72)92)81-58(96)42(21-16-17-27-71)77-57(95)43(22-18-28-76-70(74)75)78-63(101)49(32-41-19-14-13-15-20-41)83-61(99)47(30-35(3)4)82-62(100)48(31-36(5)6)84-67(105)55(39(11)90)87-65(103)53(73)37(7)8/h13-15,19-20,34-40,42-50,53-56,89-91H,16-18,21-33,71,73H2,1-12H3,(H2,72,92)(H,77,95)(H,78,101)(H,79,98)(H,80,102)(H,81,96)(H,82,100)(H,83,99)(H,84,105)(H,85,106)(H,86,97)(H,87,103)(H,88,104)(H,93,94)(H,107,108)(H4,74,75,76)/t39-,40-,42+,43+,44+,45+,46+,47+,48+,49+,50+,53+,54+,55+,56+/m1/s1. The van der Waals surface area contributed by atoms with Gasteiger partial charge in [0.2, 0.25) is 76.8 Å². The number of hydrogen-bond acceptors (Lipinski definition) is 21. The number of primary amides is 1. The van der Waals surface area contributed by atoms with Crippen LogP contribution in [0.5, 0.6) is 0 Å². The van der Waals surface area contributed by atoms with Crippen molar-refractivity contribution < 1.29 is 97.5 Å². The minimum atomic E-state index is -1.91. The minimum Gasteiger partial charge on any atom is -0.481 e. The van der Waals surface area contributed by atoms with Crippen molar-refractivity contribution in [1.82, 2.24) is 63.8 Å². The molecular formula is C70H120N18O20. The summed E-state index contributed by atoms with van der Waals surface area (Å²) in [5, 5.41) is 80.5. The van der Waals surface area contributed by atoms with Crippen LogP contribution in [-0.4, -0.2) is 231 Å². The quantitative estimate of drug-likeness (QED) is 0.0165. The molecule has 0 fully saturated rings. The number of aliphatic hydroxyl groups excluding tert-OH is 3. The number of unbranched alkanes of at least 4 members (excludes halogenated alkanes) is 1. The van der Waals surface area contributed by atoms with Crippen LogP contribution < -0.4 is 92.5 Å². The number of amides is 13. The van der Waals surface area contributed by atoms with Crippen LogP contribution in [0.3, 0.4) is 0 Å². The van der Waals surface area contributed by atoms with Crippen molar-refractivity contribution in [3.05, 3.63) is 35.9 Å². The van der Waals surface area contributed by atoms with Crippen LogP contribution in [0.25, 0.3) is 0 Å². The molecule has 0 saturated heterocycles. The second-order valence-corrected chi connectivity index (χ2v) is 28.8. The molecule has 108 heavy (non-hydrogen) atoms. The third-order valence-corrected chi connectivity index (χ3v) is 16.9. The van der Waals surface area contributed by atoms with E-state index in [2.05, 4.69) is 68.8 Å². The van der Waals surface area contributed by atoms with Gasteiger partial charge < -0.3 is 118 Å². The van der Waals surface area contributed by atoms with Crippen molar-refractivity contribution >= 4 is 94.7 Å². The predicted molar refractivity (Wildman–Crippen MR) is 396 cm³/mol. The van der Waals surface area contributed by atoms with Gasteiger partial charge >= 0.3 is 11.9 Å². The lowest BCUT2D eigenvalue weighted by atomic mass is 9.98. The highest BCUT2D eigenvalue weighted by Gasteiger charge is 2.40. The Morgan fingerprint density at radius 2 is 0.750 bits per heavy atom. The lowest BCUT2D eigenvalue weighted by Gasteiger charge is -2.30. The van der Waals surface area contributed by atoms with Gasteiger partial charge in [0.15, 0.2) is 5.96 Å². The van der Waals surface area contributed by atoms with Gasteiger partial charge in [-0.2, -0.15) is 0 Å². The van der Waals surface area contributed by atoms with Crippen molar-refractivity contribution in [2.75, 3.05) is 19.7 Å². The molecule has 1 aromatic rings. The summed E-state index contributed by atoms with van der Waals surface area (Å²) in [6.45, 7) is 18.1. The lowest BCUT2D eigenvalue weighted by molar-refractivity contribution is -0.143. The van der Waals surface area contributed by atoms with E-state index in [0.29, 0.717) is 12.0 Å². The SMILES string of the molecule is CC(C)C[C@H](NC(=O)[C@H](CCCCN)NC(=O)[C@H](CCCN=C(N)N)NC(=O)[C@H](Cc1ccccc1)NC(=O)[C@H](CC(C)C)NC(=O)[C@H](CC(C)C)NC(=O)[C@@H](NC(=O)[C@@H](N)C(C)C)[C@@H](C)O)C(=O)N[C@@H](CCC(=O)O)C(=O)N[C@H](C(=O)N[C@H](C(=O)N[C@@H](CO)C(=O)N[C@@H](CCC(N)=O)C(=O)O)[C@@H](C)O)C(C)C. The summed E-state index contributed by atoms with van der Waals surface area (Å²) in [6, 6.07) is -11.6. The van der Waals surface area contributed by atoms with Crippen LogP contribution in [-0.2, 0) is 78.3 Å². The predicted octanol–water partition coefficient (Wildman–Crippen LogP) is -5.02.